The molecule has 0 radical (unpaired) electrons. The van der Waals surface area contributed by atoms with E-state index in [-0.39, 0.29) is 11.5 Å². The van der Waals surface area contributed by atoms with Crippen LogP contribution in [0.25, 0.3) is 10.9 Å². The number of rotatable bonds is 8. The van der Waals surface area contributed by atoms with E-state index in [9.17, 15) is 12.8 Å². The van der Waals surface area contributed by atoms with Crippen molar-refractivity contribution in [3.05, 3.63) is 46.9 Å². The number of sulfone groups is 1. The van der Waals surface area contributed by atoms with Crippen LogP contribution in [0.3, 0.4) is 0 Å². The van der Waals surface area contributed by atoms with Crippen molar-refractivity contribution in [2.45, 2.75) is 6.42 Å². The first kappa shape index (κ1) is 23.7. The molecule has 0 saturated carbocycles. The lowest BCUT2D eigenvalue weighted by molar-refractivity contribution is 0.240. The van der Waals surface area contributed by atoms with Crippen molar-refractivity contribution in [3.63, 3.8) is 0 Å². The summed E-state index contributed by atoms with van der Waals surface area (Å²) in [6, 6.07) is 8.27. The molecule has 1 aromatic heterocycles. The van der Waals surface area contributed by atoms with E-state index in [4.69, 9.17) is 9.47 Å². The van der Waals surface area contributed by atoms with E-state index >= 15 is 0 Å². The topological polar surface area (TPSA) is 93.7 Å². The number of hydrogen-bond donors (Lipinski definition) is 1. The van der Waals surface area contributed by atoms with Crippen molar-refractivity contribution in [1.29, 1.82) is 0 Å². The minimum absolute atomic E-state index is 0.215. The molecule has 0 spiro atoms. The van der Waals surface area contributed by atoms with Gasteiger partial charge in [-0.05, 0) is 30.7 Å². The minimum Gasteiger partial charge on any atom is -0.493 e. The largest absolute Gasteiger partial charge is 0.493 e. The van der Waals surface area contributed by atoms with Gasteiger partial charge in [-0.15, -0.1) is 0 Å². The Bertz CT molecular complexity index is 1240. The zero-order valence-corrected chi connectivity index (χ0v) is 20.5. The quantitative estimate of drug-likeness (QED) is 0.433. The number of nitrogens with zero attached hydrogens (tertiary/aromatic N) is 3. The van der Waals surface area contributed by atoms with Gasteiger partial charge in [0.2, 0.25) is 0 Å². The van der Waals surface area contributed by atoms with Crippen LogP contribution in [0.5, 0.6) is 11.5 Å². The summed E-state index contributed by atoms with van der Waals surface area (Å²) in [5, 5.41) is 3.68. The van der Waals surface area contributed by atoms with E-state index in [1.807, 2.05) is 0 Å². The Labute approximate surface area is 200 Å². The highest BCUT2D eigenvalue weighted by Crippen LogP contribution is 2.35. The molecule has 4 rings (SSSR count). The second-order valence-corrected chi connectivity index (χ2v) is 10.9. The van der Waals surface area contributed by atoms with Crippen LogP contribution in [-0.2, 0) is 9.84 Å². The summed E-state index contributed by atoms with van der Waals surface area (Å²) in [5.41, 5.74) is 0.921. The summed E-state index contributed by atoms with van der Waals surface area (Å²) >= 11 is 3.25. The van der Waals surface area contributed by atoms with Gasteiger partial charge in [0.05, 0.1) is 36.4 Å². The van der Waals surface area contributed by atoms with Crippen molar-refractivity contribution in [2.75, 3.05) is 50.2 Å². The van der Waals surface area contributed by atoms with Gasteiger partial charge in [0.1, 0.15) is 18.0 Å². The van der Waals surface area contributed by atoms with Gasteiger partial charge in [0, 0.05) is 35.6 Å². The van der Waals surface area contributed by atoms with Gasteiger partial charge >= 0.3 is 0 Å². The first-order chi connectivity index (χ1) is 15.8. The fourth-order valence-electron chi connectivity index (χ4n) is 3.60. The third-order valence-electron chi connectivity index (χ3n) is 5.42. The van der Waals surface area contributed by atoms with Crippen molar-refractivity contribution in [3.8, 4) is 11.5 Å². The van der Waals surface area contributed by atoms with Crippen LogP contribution in [0, 0.1) is 5.82 Å². The molecule has 11 heteroatoms. The second kappa shape index (κ2) is 10.2. The van der Waals surface area contributed by atoms with E-state index in [0.717, 1.165) is 13.0 Å². The summed E-state index contributed by atoms with van der Waals surface area (Å²) < 4.78 is 49.5. The Kier molecular flexibility index (Phi) is 7.30. The number of nitrogens with one attached hydrogen (secondary N) is 1. The molecule has 0 unspecified atom stereocenters. The Morgan fingerprint density at radius 3 is 2.67 bits per heavy atom. The molecule has 1 saturated heterocycles. The lowest BCUT2D eigenvalue weighted by Gasteiger charge is -2.26. The van der Waals surface area contributed by atoms with Crippen molar-refractivity contribution in [1.82, 2.24) is 14.9 Å². The molecule has 33 heavy (non-hydrogen) atoms. The smallest absolute Gasteiger partial charge is 0.163 e. The fraction of sp³-hybridized carbons (Fsp3) is 0.364. The van der Waals surface area contributed by atoms with Gasteiger partial charge in [0.15, 0.2) is 21.3 Å². The van der Waals surface area contributed by atoms with Gasteiger partial charge in [-0.3, -0.25) is 0 Å². The summed E-state index contributed by atoms with van der Waals surface area (Å²) in [5.74, 6) is 1.53. The summed E-state index contributed by atoms with van der Waals surface area (Å²) in [4.78, 5) is 10.7. The third-order valence-corrected chi connectivity index (χ3v) is 7.52. The van der Waals surface area contributed by atoms with Crippen molar-refractivity contribution < 1.29 is 22.3 Å². The van der Waals surface area contributed by atoms with Gasteiger partial charge in [-0.1, -0.05) is 15.9 Å². The zero-order chi connectivity index (χ0) is 23.4. The highest BCUT2D eigenvalue weighted by molar-refractivity contribution is 9.10. The molecule has 0 aliphatic carbocycles. The molecule has 0 atom stereocenters. The van der Waals surface area contributed by atoms with Gasteiger partial charge in [0.25, 0.3) is 0 Å². The van der Waals surface area contributed by atoms with Gasteiger partial charge < -0.3 is 19.7 Å². The van der Waals surface area contributed by atoms with Crippen LogP contribution in [0.15, 0.2) is 41.1 Å². The summed E-state index contributed by atoms with van der Waals surface area (Å²) in [6.45, 7) is 2.34. The lowest BCUT2D eigenvalue weighted by Crippen LogP contribution is -2.40. The van der Waals surface area contributed by atoms with E-state index in [0.29, 0.717) is 58.1 Å². The maximum Gasteiger partial charge on any atom is 0.163 e. The number of aromatic nitrogens is 2. The molecule has 1 N–H and O–H groups in total. The van der Waals surface area contributed by atoms with E-state index in [1.54, 1.807) is 31.4 Å². The maximum absolute atomic E-state index is 14.3. The lowest BCUT2D eigenvalue weighted by atomic mass is 10.2. The van der Waals surface area contributed by atoms with Crippen LogP contribution >= 0.6 is 15.9 Å². The van der Waals surface area contributed by atoms with Crippen LogP contribution in [-0.4, -0.2) is 68.1 Å². The molecule has 3 aromatic rings. The number of fused-ring (bicyclic) bond motifs is 1. The summed E-state index contributed by atoms with van der Waals surface area (Å²) in [6.07, 6.45) is 2.16. The first-order valence-corrected chi connectivity index (χ1v) is 13.1. The average Bonchev–Trinajstić information content (AvgIpc) is 2.79. The average molecular weight is 539 g/mol. The molecular formula is C22H24BrFN4O4S. The van der Waals surface area contributed by atoms with Gasteiger partial charge in [-0.25, -0.2) is 22.8 Å². The van der Waals surface area contributed by atoms with Gasteiger partial charge in [-0.2, -0.15) is 0 Å². The third kappa shape index (κ3) is 5.90. The number of ether oxygens (including phenoxy) is 2. The molecule has 1 aliphatic heterocycles. The maximum atomic E-state index is 14.3. The Morgan fingerprint density at radius 2 is 1.94 bits per heavy atom. The molecule has 1 fully saturated rings. The zero-order valence-electron chi connectivity index (χ0n) is 18.1. The molecular weight excluding hydrogens is 515 g/mol. The first-order valence-electron chi connectivity index (χ1n) is 10.4. The molecule has 0 amide bonds. The SMILES string of the molecule is COc1cc2c(Nc3ccc(Br)cc3F)ncnc2cc1OCCCN1CCS(=O)(=O)CC1. The minimum atomic E-state index is -2.88. The molecule has 1 aliphatic rings. The number of methoxy groups -OCH3 is 1. The molecule has 0 bridgehead atoms. The Hall–Kier alpha value is -2.50. The highest BCUT2D eigenvalue weighted by Gasteiger charge is 2.21. The van der Waals surface area contributed by atoms with E-state index in [2.05, 4.69) is 36.1 Å². The standard InChI is InChI=1S/C22H24BrFN4O4S/c1-31-20-12-16-19(25-14-26-22(16)27-18-4-3-15(23)11-17(18)24)13-21(20)32-8-2-5-28-6-9-33(29,30)10-7-28/h3-4,11-14H,2,5-10H2,1H3,(H,25,26,27). The number of hydrogen-bond acceptors (Lipinski definition) is 8. The van der Waals surface area contributed by atoms with Crippen molar-refractivity contribution in [2.24, 2.45) is 0 Å². The highest BCUT2D eigenvalue weighted by atomic mass is 79.9. The van der Waals surface area contributed by atoms with Crippen LogP contribution in [0.2, 0.25) is 0 Å². The van der Waals surface area contributed by atoms with E-state index in [1.165, 1.54) is 12.4 Å². The summed E-state index contributed by atoms with van der Waals surface area (Å²) in [7, 11) is -1.33. The van der Waals surface area contributed by atoms with Crippen LogP contribution in [0.1, 0.15) is 6.42 Å². The van der Waals surface area contributed by atoms with Crippen LogP contribution in [0.4, 0.5) is 15.9 Å². The predicted octanol–water partition coefficient (Wildman–Crippen LogP) is 3.78. The second-order valence-electron chi connectivity index (χ2n) is 7.69. The normalized spacial score (nSPS) is 16.0. The fourth-order valence-corrected chi connectivity index (χ4v) is 5.21. The Balaban J connectivity index is 1.45. The molecule has 2 aromatic carbocycles. The molecule has 8 nitrogen and oxygen atoms in total. The Morgan fingerprint density at radius 1 is 1.15 bits per heavy atom. The van der Waals surface area contributed by atoms with E-state index < -0.39 is 15.7 Å². The number of benzene rings is 2. The van der Waals surface area contributed by atoms with Crippen molar-refractivity contribution >= 4 is 48.2 Å². The monoisotopic (exact) mass is 538 g/mol. The number of halogens is 2. The van der Waals surface area contributed by atoms with Crippen LogP contribution < -0.4 is 14.8 Å². The predicted molar refractivity (Wildman–Crippen MR) is 129 cm³/mol. The number of anilines is 2. The molecule has 2 heterocycles. The molecule has 176 valence electrons.